The minimum absolute atomic E-state index is 0.0196. The molecule has 0 fully saturated rings. The fourth-order valence-corrected chi connectivity index (χ4v) is 3.81. The molecule has 2 N–H and O–H groups in total. The van der Waals surface area contributed by atoms with Crippen LogP contribution in [0.15, 0.2) is 54.6 Å². The molecule has 0 aromatic heterocycles. The van der Waals surface area contributed by atoms with Crippen LogP contribution in [0.2, 0.25) is 0 Å². The van der Waals surface area contributed by atoms with Gasteiger partial charge in [0, 0.05) is 22.4 Å². The topological polar surface area (TPSA) is 106 Å². The summed E-state index contributed by atoms with van der Waals surface area (Å²) >= 11 is 0. The molecule has 0 radical (unpaired) electrons. The first kappa shape index (κ1) is 33.3. The summed E-state index contributed by atoms with van der Waals surface area (Å²) in [4.78, 5) is 25.5. The molecule has 0 bridgehead atoms. The number of rotatable bonds is 5. The molecule has 0 saturated carbocycles. The van der Waals surface area contributed by atoms with Crippen molar-refractivity contribution in [2.75, 3.05) is 10.6 Å². The van der Waals surface area contributed by atoms with Crippen LogP contribution in [0.25, 0.3) is 0 Å². The lowest BCUT2D eigenvalue weighted by Gasteiger charge is -2.31. The van der Waals surface area contributed by atoms with E-state index in [0.29, 0.717) is 17.7 Å². The highest BCUT2D eigenvalue weighted by Gasteiger charge is 2.73. The maximum atomic E-state index is 14.5. The summed E-state index contributed by atoms with van der Waals surface area (Å²) in [6.45, 7) is 6.20. The Kier molecular flexibility index (Phi) is 10.1. The van der Waals surface area contributed by atoms with Crippen LogP contribution >= 0.6 is 0 Å². The van der Waals surface area contributed by atoms with Gasteiger partial charge in [-0.05, 0) is 67.4 Å². The lowest BCUT2D eigenvalue weighted by molar-refractivity contribution is -0.348. The predicted octanol–water partition coefficient (Wildman–Crippen LogP) is 7.87. The molecule has 0 aliphatic rings. The first-order valence-corrected chi connectivity index (χ1v) is 12.1. The second-order valence-corrected chi connectivity index (χ2v) is 8.61. The van der Waals surface area contributed by atoms with Crippen LogP contribution in [-0.2, 0) is 5.67 Å². The van der Waals surface area contributed by atoms with Crippen molar-refractivity contribution in [3.8, 4) is 12.1 Å². The van der Waals surface area contributed by atoms with E-state index in [1.54, 1.807) is 0 Å². The van der Waals surface area contributed by atoms with Gasteiger partial charge in [0.2, 0.25) is 0 Å². The number of aryl methyl sites for hydroxylation is 2. The third kappa shape index (κ3) is 6.69. The highest BCUT2D eigenvalue weighted by molar-refractivity contribution is 6.08. The number of carbonyl (C=O) groups excluding carboxylic acids is 2. The van der Waals surface area contributed by atoms with E-state index in [1.807, 2.05) is 26.0 Å². The Morgan fingerprint density at radius 1 is 0.690 bits per heavy atom. The van der Waals surface area contributed by atoms with E-state index in [1.165, 1.54) is 36.4 Å². The van der Waals surface area contributed by atoms with E-state index in [-0.39, 0.29) is 39.2 Å². The Bertz CT molecular complexity index is 1530. The zero-order valence-corrected chi connectivity index (χ0v) is 22.6. The SMILES string of the molecule is CC.Cc1cc(C(F)(C(F)(F)F)C(F)(F)F)cc(C)c1NC(=O)c1ccc(C#N)c(NC(=O)c2ccc(C#N)cc2)c1. The number of benzene rings is 3. The molecule has 0 spiro atoms. The molecular weight excluding hydrogens is 569 g/mol. The number of carbonyl (C=O) groups is 2. The fourth-order valence-electron chi connectivity index (χ4n) is 3.81. The van der Waals surface area contributed by atoms with E-state index >= 15 is 0 Å². The van der Waals surface area contributed by atoms with Crippen LogP contribution in [0.4, 0.5) is 42.1 Å². The molecule has 3 aromatic carbocycles. The number of amides is 2. The predicted molar refractivity (Wildman–Crippen MR) is 140 cm³/mol. The minimum atomic E-state index is -6.30. The van der Waals surface area contributed by atoms with E-state index in [4.69, 9.17) is 5.26 Å². The maximum absolute atomic E-state index is 14.5. The van der Waals surface area contributed by atoms with Crippen molar-refractivity contribution in [2.24, 2.45) is 0 Å². The maximum Gasteiger partial charge on any atom is 0.435 e. The van der Waals surface area contributed by atoms with Gasteiger partial charge < -0.3 is 10.6 Å². The van der Waals surface area contributed by atoms with Crippen molar-refractivity contribution in [1.82, 2.24) is 0 Å². The summed E-state index contributed by atoms with van der Waals surface area (Å²) in [7, 11) is 0. The molecule has 3 rings (SSSR count). The first-order valence-electron chi connectivity index (χ1n) is 12.1. The Morgan fingerprint density at radius 2 is 1.17 bits per heavy atom. The van der Waals surface area contributed by atoms with Gasteiger partial charge in [0.25, 0.3) is 11.8 Å². The molecule has 6 nitrogen and oxygen atoms in total. The highest BCUT2D eigenvalue weighted by atomic mass is 19.4. The van der Waals surface area contributed by atoms with Crippen LogP contribution in [-0.4, -0.2) is 24.2 Å². The van der Waals surface area contributed by atoms with Gasteiger partial charge in [0.15, 0.2) is 0 Å². The molecule has 0 heterocycles. The largest absolute Gasteiger partial charge is 0.435 e. The summed E-state index contributed by atoms with van der Waals surface area (Å²) in [5, 5.41) is 23.1. The molecule has 0 aliphatic heterocycles. The zero-order valence-electron chi connectivity index (χ0n) is 22.6. The lowest BCUT2D eigenvalue weighted by atomic mass is 9.90. The van der Waals surface area contributed by atoms with Crippen molar-refractivity contribution in [3.63, 3.8) is 0 Å². The normalized spacial score (nSPS) is 11.4. The Balaban J connectivity index is 0.00000301. The number of hydrogen-bond acceptors (Lipinski definition) is 4. The molecule has 13 heteroatoms. The molecule has 0 atom stereocenters. The smallest absolute Gasteiger partial charge is 0.322 e. The van der Waals surface area contributed by atoms with Crippen molar-refractivity contribution >= 4 is 23.2 Å². The molecule has 0 unspecified atom stereocenters. The third-order valence-corrected chi connectivity index (χ3v) is 5.88. The molecule has 220 valence electrons. The summed E-state index contributed by atoms with van der Waals surface area (Å²) in [6, 6.07) is 13.6. The molecule has 0 saturated heterocycles. The molecule has 3 aromatic rings. The summed E-state index contributed by atoms with van der Waals surface area (Å²) in [5.41, 5.74) is -7.79. The monoisotopic (exact) mass is 592 g/mol. The number of alkyl halides is 7. The number of halogens is 7. The summed E-state index contributed by atoms with van der Waals surface area (Å²) < 4.78 is 93.6. The van der Waals surface area contributed by atoms with Crippen LogP contribution in [0, 0.1) is 36.5 Å². The molecule has 42 heavy (non-hydrogen) atoms. The third-order valence-electron chi connectivity index (χ3n) is 5.88. The van der Waals surface area contributed by atoms with Crippen LogP contribution in [0.5, 0.6) is 0 Å². The van der Waals surface area contributed by atoms with Crippen LogP contribution in [0.3, 0.4) is 0 Å². The number of hydrogen-bond donors (Lipinski definition) is 2. The van der Waals surface area contributed by atoms with Crippen molar-refractivity contribution in [3.05, 3.63) is 93.5 Å². The fraction of sp³-hybridized carbons (Fsp3) is 0.241. The number of nitrogens with one attached hydrogen (secondary N) is 2. The van der Waals surface area contributed by atoms with Gasteiger partial charge in [-0.15, -0.1) is 0 Å². The van der Waals surface area contributed by atoms with Crippen molar-refractivity contribution in [2.45, 2.75) is 45.7 Å². The van der Waals surface area contributed by atoms with Gasteiger partial charge in [-0.1, -0.05) is 26.0 Å². The van der Waals surface area contributed by atoms with E-state index in [2.05, 4.69) is 10.6 Å². The molecular formula is C29H23F7N4O2. The van der Waals surface area contributed by atoms with Crippen molar-refractivity contribution < 1.29 is 40.3 Å². The number of nitrogens with zero attached hydrogens (tertiary/aromatic N) is 2. The average molecular weight is 593 g/mol. The Morgan fingerprint density at radius 3 is 1.62 bits per heavy atom. The minimum Gasteiger partial charge on any atom is -0.322 e. The first-order chi connectivity index (χ1) is 19.5. The highest BCUT2D eigenvalue weighted by Crippen LogP contribution is 2.53. The van der Waals surface area contributed by atoms with E-state index in [9.17, 15) is 45.6 Å². The Labute approximate surface area is 236 Å². The van der Waals surface area contributed by atoms with E-state index in [0.717, 1.165) is 19.9 Å². The lowest BCUT2D eigenvalue weighted by Crippen LogP contribution is -2.50. The number of anilines is 2. The number of nitriles is 2. The molecule has 0 aliphatic carbocycles. The van der Waals surface area contributed by atoms with Gasteiger partial charge >= 0.3 is 18.0 Å². The summed E-state index contributed by atoms with van der Waals surface area (Å²) in [5.74, 6) is -1.54. The van der Waals surface area contributed by atoms with Crippen LogP contribution < -0.4 is 10.6 Å². The standard InChI is InChI=1S/C27H17F7N4O2.C2H6/c1-14-9-20(25(28,26(29,30)31)27(32,33)34)10-15(2)22(14)38-24(40)18-7-8-19(13-36)21(11-18)37-23(39)17-5-3-16(12-35)4-6-17;1-2/h3-11H,1-2H3,(H,37,39)(H,38,40);1-2H3. The van der Waals surface area contributed by atoms with Gasteiger partial charge in [-0.25, -0.2) is 4.39 Å². The quantitative estimate of drug-likeness (QED) is 0.294. The Hall–Kier alpha value is -4.91. The molecule has 2 amide bonds. The van der Waals surface area contributed by atoms with Gasteiger partial charge in [0.1, 0.15) is 6.07 Å². The van der Waals surface area contributed by atoms with E-state index < -0.39 is 35.4 Å². The van der Waals surface area contributed by atoms with Gasteiger partial charge in [-0.2, -0.15) is 36.9 Å². The van der Waals surface area contributed by atoms with Gasteiger partial charge in [0.05, 0.1) is 22.9 Å². The van der Waals surface area contributed by atoms with Gasteiger partial charge in [-0.3, -0.25) is 9.59 Å². The second kappa shape index (κ2) is 12.7. The average Bonchev–Trinajstić information content (AvgIpc) is 2.94. The van der Waals surface area contributed by atoms with Crippen molar-refractivity contribution in [1.29, 1.82) is 10.5 Å². The second-order valence-electron chi connectivity index (χ2n) is 8.61. The van der Waals surface area contributed by atoms with Crippen LogP contribution in [0.1, 0.15) is 62.4 Å². The summed E-state index contributed by atoms with van der Waals surface area (Å²) in [6.07, 6.45) is -12.6. The zero-order chi connectivity index (χ0) is 32.0.